The van der Waals surface area contributed by atoms with Crippen LogP contribution >= 0.6 is 11.6 Å². The Bertz CT molecular complexity index is 237. The Kier molecular flexibility index (Phi) is 9.82. The fourth-order valence-corrected chi connectivity index (χ4v) is 2.75. The predicted molar refractivity (Wildman–Crippen MR) is 86.8 cm³/mol. The fraction of sp³-hybridized carbons (Fsp3) is 1.00. The third-order valence-corrected chi connectivity index (χ3v) is 4.51. The van der Waals surface area contributed by atoms with Crippen LogP contribution in [0.1, 0.15) is 20.3 Å². The molecular weight excluding hydrogens is 274 g/mol. The van der Waals surface area contributed by atoms with Crippen LogP contribution < -0.4 is 0 Å². The van der Waals surface area contributed by atoms with Crippen LogP contribution in [-0.2, 0) is 4.74 Å². The zero-order valence-corrected chi connectivity index (χ0v) is 14.2. The normalized spacial score (nSPS) is 18.9. The summed E-state index contributed by atoms with van der Waals surface area (Å²) in [4.78, 5) is 7.42. The number of hydrogen-bond acceptors (Lipinski definition) is 4. The van der Waals surface area contributed by atoms with E-state index in [0.717, 1.165) is 45.3 Å². The van der Waals surface area contributed by atoms with Gasteiger partial charge in [-0.05, 0) is 33.5 Å². The van der Waals surface area contributed by atoms with Crippen molar-refractivity contribution in [3.63, 3.8) is 0 Å². The lowest BCUT2D eigenvalue weighted by Crippen LogP contribution is -2.42. The largest absolute Gasteiger partial charge is 0.379 e. The Labute approximate surface area is 130 Å². The lowest BCUT2D eigenvalue weighted by atomic mass is 10.2. The van der Waals surface area contributed by atoms with Crippen molar-refractivity contribution in [2.75, 3.05) is 72.0 Å². The lowest BCUT2D eigenvalue weighted by Gasteiger charge is -2.31. The SMILES string of the molecule is CCN(CCC(C)N(C)CCCl)CCN1CCOCC1. The van der Waals surface area contributed by atoms with Crippen molar-refractivity contribution in [1.29, 1.82) is 0 Å². The summed E-state index contributed by atoms with van der Waals surface area (Å²) in [6.45, 7) is 14.1. The van der Waals surface area contributed by atoms with E-state index >= 15 is 0 Å². The van der Waals surface area contributed by atoms with Gasteiger partial charge in [0, 0.05) is 44.6 Å². The zero-order valence-electron chi connectivity index (χ0n) is 13.5. The van der Waals surface area contributed by atoms with Crippen molar-refractivity contribution in [2.45, 2.75) is 26.3 Å². The predicted octanol–water partition coefficient (Wildman–Crippen LogP) is 1.59. The van der Waals surface area contributed by atoms with E-state index in [-0.39, 0.29) is 0 Å². The van der Waals surface area contributed by atoms with E-state index in [1.165, 1.54) is 26.1 Å². The second kappa shape index (κ2) is 10.8. The van der Waals surface area contributed by atoms with Gasteiger partial charge < -0.3 is 14.5 Å². The van der Waals surface area contributed by atoms with Crippen LogP contribution in [0, 0.1) is 0 Å². The maximum Gasteiger partial charge on any atom is 0.0594 e. The molecule has 4 nitrogen and oxygen atoms in total. The van der Waals surface area contributed by atoms with Crippen LogP contribution in [0.25, 0.3) is 0 Å². The van der Waals surface area contributed by atoms with E-state index in [0.29, 0.717) is 6.04 Å². The number of ether oxygens (including phenoxy) is 1. The highest BCUT2D eigenvalue weighted by Crippen LogP contribution is 2.04. The molecule has 1 unspecified atom stereocenters. The van der Waals surface area contributed by atoms with Gasteiger partial charge in [0.1, 0.15) is 0 Å². The van der Waals surface area contributed by atoms with E-state index in [1.807, 2.05) is 0 Å². The van der Waals surface area contributed by atoms with Gasteiger partial charge in [0.05, 0.1) is 13.2 Å². The van der Waals surface area contributed by atoms with Crippen molar-refractivity contribution < 1.29 is 4.74 Å². The van der Waals surface area contributed by atoms with Crippen LogP contribution in [0.2, 0.25) is 0 Å². The first-order valence-corrected chi connectivity index (χ1v) is 8.49. The van der Waals surface area contributed by atoms with Gasteiger partial charge in [-0.15, -0.1) is 11.6 Å². The Hall–Kier alpha value is 0.130. The second-order valence-corrected chi connectivity index (χ2v) is 6.07. The summed E-state index contributed by atoms with van der Waals surface area (Å²) in [5.41, 5.74) is 0. The van der Waals surface area contributed by atoms with Gasteiger partial charge in [-0.1, -0.05) is 6.92 Å². The van der Waals surface area contributed by atoms with E-state index in [4.69, 9.17) is 16.3 Å². The first kappa shape index (κ1) is 18.2. The second-order valence-electron chi connectivity index (χ2n) is 5.70. The lowest BCUT2D eigenvalue weighted by molar-refractivity contribution is 0.0332. The third-order valence-electron chi connectivity index (χ3n) is 4.34. The van der Waals surface area contributed by atoms with Crippen molar-refractivity contribution in [1.82, 2.24) is 14.7 Å². The minimum atomic E-state index is 0.603. The maximum absolute atomic E-state index is 5.80. The molecule has 1 aliphatic heterocycles. The van der Waals surface area contributed by atoms with E-state index in [9.17, 15) is 0 Å². The van der Waals surface area contributed by atoms with Gasteiger partial charge >= 0.3 is 0 Å². The highest BCUT2D eigenvalue weighted by molar-refractivity contribution is 6.18. The molecule has 1 heterocycles. The number of alkyl halides is 1. The van der Waals surface area contributed by atoms with Crippen molar-refractivity contribution >= 4 is 11.6 Å². The molecule has 0 aliphatic carbocycles. The molecule has 120 valence electrons. The Balaban J connectivity index is 2.17. The average Bonchev–Trinajstić information content (AvgIpc) is 2.48. The van der Waals surface area contributed by atoms with Crippen LogP contribution in [0.3, 0.4) is 0 Å². The summed E-state index contributed by atoms with van der Waals surface area (Å²) in [5, 5.41) is 0. The molecule has 0 bridgehead atoms. The molecule has 1 aliphatic rings. The van der Waals surface area contributed by atoms with Gasteiger partial charge in [-0.25, -0.2) is 0 Å². The molecule has 0 radical (unpaired) electrons. The quantitative estimate of drug-likeness (QED) is 0.571. The smallest absolute Gasteiger partial charge is 0.0594 e. The number of hydrogen-bond donors (Lipinski definition) is 0. The van der Waals surface area contributed by atoms with Gasteiger partial charge in [-0.2, -0.15) is 0 Å². The molecule has 5 heteroatoms. The van der Waals surface area contributed by atoms with Crippen LogP contribution in [0.15, 0.2) is 0 Å². The first-order chi connectivity index (χ1) is 9.67. The Morgan fingerprint density at radius 3 is 2.50 bits per heavy atom. The summed E-state index contributed by atoms with van der Waals surface area (Å²) in [7, 11) is 2.16. The molecular formula is C15H32ClN3O. The Morgan fingerprint density at radius 1 is 1.20 bits per heavy atom. The van der Waals surface area contributed by atoms with E-state index in [1.54, 1.807) is 0 Å². The summed E-state index contributed by atoms with van der Waals surface area (Å²) in [6.07, 6.45) is 1.21. The Morgan fingerprint density at radius 2 is 1.90 bits per heavy atom. The molecule has 0 aromatic rings. The molecule has 1 fully saturated rings. The van der Waals surface area contributed by atoms with Crippen LogP contribution in [0.4, 0.5) is 0 Å². The van der Waals surface area contributed by atoms with Crippen molar-refractivity contribution in [3.05, 3.63) is 0 Å². The standard InChI is InChI=1S/C15H32ClN3O/c1-4-18(7-5-15(2)17(3)8-6-16)9-10-19-11-13-20-14-12-19/h15H,4-14H2,1-3H3. The van der Waals surface area contributed by atoms with Crippen LogP contribution in [-0.4, -0.2) is 92.7 Å². The van der Waals surface area contributed by atoms with Crippen molar-refractivity contribution in [3.8, 4) is 0 Å². The fourth-order valence-electron chi connectivity index (χ4n) is 2.48. The number of likely N-dealkylation sites (N-methyl/N-ethyl adjacent to an activating group) is 1. The monoisotopic (exact) mass is 305 g/mol. The highest BCUT2D eigenvalue weighted by Gasteiger charge is 2.13. The van der Waals surface area contributed by atoms with Gasteiger partial charge in [-0.3, -0.25) is 4.90 Å². The molecule has 0 amide bonds. The summed E-state index contributed by atoms with van der Waals surface area (Å²) < 4.78 is 5.39. The number of rotatable bonds is 10. The van der Waals surface area contributed by atoms with Gasteiger partial charge in [0.2, 0.25) is 0 Å². The number of nitrogens with zero attached hydrogens (tertiary/aromatic N) is 3. The molecule has 1 rings (SSSR count). The molecule has 1 atom stereocenters. The molecule has 0 N–H and O–H groups in total. The van der Waals surface area contributed by atoms with Gasteiger partial charge in [0.25, 0.3) is 0 Å². The molecule has 0 aromatic heterocycles. The molecule has 0 spiro atoms. The molecule has 0 aromatic carbocycles. The number of morpholine rings is 1. The molecule has 0 saturated carbocycles. The van der Waals surface area contributed by atoms with Crippen LogP contribution in [0.5, 0.6) is 0 Å². The minimum Gasteiger partial charge on any atom is -0.379 e. The topological polar surface area (TPSA) is 19.0 Å². The van der Waals surface area contributed by atoms with Crippen molar-refractivity contribution in [2.24, 2.45) is 0 Å². The van der Waals surface area contributed by atoms with E-state index < -0.39 is 0 Å². The summed E-state index contributed by atoms with van der Waals surface area (Å²) >= 11 is 5.80. The first-order valence-electron chi connectivity index (χ1n) is 7.96. The summed E-state index contributed by atoms with van der Waals surface area (Å²) in [6, 6.07) is 0.603. The number of halogens is 1. The summed E-state index contributed by atoms with van der Waals surface area (Å²) in [5.74, 6) is 0.718. The van der Waals surface area contributed by atoms with E-state index in [2.05, 4.69) is 35.6 Å². The highest BCUT2D eigenvalue weighted by atomic mass is 35.5. The third kappa shape index (κ3) is 7.23. The zero-order chi connectivity index (χ0) is 14.8. The minimum absolute atomic E-state index is 0.603. The maximum atomic E-state index is 5.80. The average molecular weight is 306 g/mol. The molecule has 1 saturated heterocycles. The molecule has 20 heavy (non-hydrogen) atoms. The van der Waals surface area contributed by atoms with Gasteiger partial charge in [0.15, 0.2) is 0 Å².